The standard InChI is InChI=1S/C22H29N3O3S/c1-28-20-12-11-19(29(26,27)22-8-2-3-13-24-22)16-17(20)9-10-18-6-5-15-25(18)21-7-4-14-23-21/h2-4,7,11-12,14,16,18,22-24H,5-6,8-10,13,15H2,1H3. The first-order valence-electron chi connectivity index (χ1n) is 10.3. The van der Waals surface area contributed by atoms with Crippen LogP contribution in [0.5, 0.6) is 5.75 Å². The van der Waals surface area contributed by atoms with Gasteiger partial charge in [0.1, 0.15) is 16.9 Å². The average molecular weight is 416 g/mol. The van der Waals surface area contributed by atoms with Gasteiger partial charge < -0.3 is 14.6 Å². The van der Waals surface area contributed by atoms with Gasteiger partial charge in [-0.3, -0.25) is 5.32 Å². The monoisotopic (exact) mass is 415 g/mol. The molecule has 2 atom stereocenters. The summed E-state index contributed by atoms with van der Waals surface area (Å²) in [5, 5.41) is 2.52. The zero-order chi connectivity index (χ0) is 20.3. The van der Waals surface area contributed by atoms with E-state index in [-0.39, 0.29) is 0 Å². The van der Waals surface area contributed by atoms with E-state index in [1.807, 2.05) is 30.5 Å². The fourth-order valence-corrected chi connectivity index (χ4v) is 5.96. The molecule has 0 radical (unpaired) electrons. The summed E-state index contributed by atoms with van der Waals surface area (Å²) in [5.74, 6) is 1.91. The number of sulfone groups is 1. The maximum atomic E-state index is 13.1. The summed E-state index contributed by atoms with van der Waals surface area (Å²) in [4.78, 5) is 6.10. The highest BCUT2D eigenvalue weighted by Crippen LogP contribution is 2.30. The van der Waals surface area contributed by atoms with Gasteiger partial charge in [0.15, 0.2) is 9.84 Å². The molecule has 0 saturated carbocycles. The summed E-state index contributed by atoms with van der Waals surface area (Å²) in [7, 11) is -1.79. The lowest BCUT2D eigenvalue weighted by molar-refractivity contribution is 0.407. The first-order chi connectivity index (χ1) is 14.1. The fourth-order valence-electron chi connectivity index (χ4n) is 4.39. The Labute approximate surface area is 172 Å². The number of rotatable bonds is 7. The molecule has 1 aromatic heterocycles. The molecule has 156 valence electrons. The van der Waals surface area contributed by atoms with Gasteiger partial charge in [-0.1, -0.05) is 12.2 Å². The Balaban J connectivity index is 1.52. The van der Waals surface area contributed by atoms with Crippen molar-refractivity contribution in [2.75, 3.05) is 25.1 Å². The van der Waals surface area contributed by atoms with E-state index in [0.29, 0.717) is 23.9 Å². The Morgan fingerprint density at radius 3 is 2.86 bits per heavy atom. The van der Waals surface area contributed by atoms with Gasteiger partial charge >= 0.3 is 0 Å². The molecule has 0 spiro atoms. The molecule has 2 aliphatic heterocycles. The molecule has 2 N–H and O–H groups in total. The molecule has 0 aliphatic carbocycles. The highest BCUT2D eigenvalue weighted by Gasteiger charge is 2.29. The molecular weight excluding hydrogens is 386 g/mol. The molecule has 4 rings (SSSR count). The van der Waals surface area contributed by atoms with Crippen molar-refractivity contribution in [2.45, 2.75) is 48.4 Å². The third kappa shape index (κ3) is 4.21. The smallest absolute Gasteiger partial charge is 0.194 e. The molecule has 0 bridgehead atoms. The number of methoxy groups -OCH3 is 1. The summed E-state index contributed by atoms with van der Waals surface area (Å²) >= 11 is 0. The van der Waals surface area contributed by atoms with Gasteiger partial charge in [0.25, 0.3) is 0 Å². The highest BCUT2D eigenvalue weighted by molar-refractivity contribution is 7.92. The van der Waals surface area contributed by atoms with Crippen LogP contribution in [0, 0.1) is 0 Å². The van der Waals surface area contributed by atoms with Gasteiger partial charge in [-0.15, -0.1) is 0 Å². The topological polar surface area (TPSA) is 74.4 Å². The van der Waals surface area contributed by atoms with Crippen LogP contribution in [-0.4, -0.2) is 45.0 Å². The lowest BCUT2D eigenvalue weighted by Crippen LogP contribution is -2.38. The third-order valence-electron chi connectivity index (χ3n) is 5.95. The van der Waals surface area contributed by atoms with Gasteiger partial charge in [-0.25, -0.2) is 8.42 Å². The van der Waals surface area contributed by atoms with Crippen molar-refractivity contribution in [3.05, 3.63) is 54.2 Å². The summed E-state index contributed by atoms with van der Waals surface area (Å²) < 4.78 is 31.6. The van der Waals surface area contributed by atoms with Crippen LogP contribution in [0.3, 0.4) is 0 Å². The molecule has 6 nitrogen and oxygen atoms in total. The van der Waals surface area contributed by atoms with Gasteiger partial charge in [-0.05, 0) is 68.0 Å². The molecule has 7 heteroatoms. The van der Waals surface area contributed by atoms with Crippen LogP contribution in [0.15, 0.2) is 53.6 Å². The zero-order valence-electron chi connectivity index (χ0n) is 16.8. The minimum Gasteiger partial charge on any atom is -0.496 e. The Kier molecular flexibility index (Phi) is 5.96. The van der Waals surface area contributed by atoms with Crippen molar-refractivity contribution in [3.63, 3.8) is 0 Å². The molecule has 3 heterocycles. The number of hydrogen-bond acceptors (Lipinski definition) is 5. The largest absolute Gasteiger partial charge is 0.496 e. The number of benzene rings is 1. The molecule has 2 aliphatic rings. The second kappa shape index (κ2) is 8.63. The van der Waals surface area contributed by atoms with Crippen LogP contribution >= 0.6 is 0 Å². The SMILES string of the molecule is COc1ccc(S(=O)(=O)C2CC=CCN2)cc1CCC1CCCN1c1ccc[nH]1. The molecule has 0 amide bonds. The molecule has 29 heavy (non-hydrogen) atoms. The van der Waals surface area contributed by atoms with E-state index in [0.717, 1.165) is 42.9 Å². The Morgan fingerprint density at radius 1 is 1.24 bits per heavy atom. The second-order valence-electron chi connectivity index (χ2n) is 7.71. The number of H-pyrrole nitrogens is 1. The van der Waals surface area contributed by atoms with E-state index < -0.39 is 15.2 Å². The van der Waals surface area contributed by atoms with Crippen molar-refractivity contribution in [1.29, 1.82) is 0 Å². The highest BCUT2D eigenvalue weighted by atomic mass is 32.2. The van der Waals surface area contributed by atoms with Crippen LogP contribution in [0.2, 0.25) is 0 Å². The van der Waals surface area contributed by atoms with E-state index in [9.17, 15) is 8.42 Å². The van der Waals surface area contributed by atoms with Gasteiger partial charge in [0, 0.05) is 25.3 Å². The van der Waals surface area contributed by atoms with Gasteiger partial charge in [-0.2, -0.15) is 0 Å². The minimum absolute atomic E-state index is 0.369. The summed E-state index contributed by atoms with van der Waals surface area (Å²) in [6, 6.07) is 9.84. The van der Waals surface area contributed by atoms with E-state index in [4.69, 9.17) is 4.74 Å². The molecule has 2 unspecified atom stereocenters. The number of aryl methyl sites for hydroxylation is 1. The van der Waals surface area contributed by atoms with Gasteiger partial charge in [0.2, 0.25) is 0 Å². The Hall–Kier alpha value is -2.25. The van der Waals surface area contributed by atoms with Gasteiger partial charge in [0.05, 0.1) is 12.0 Å². The van der Waals surface area contributed by atoms with Crippen molar-refractivity contribution >= 4 is 15.7 Å². The minimum atomic E-state index is -3.43. The molecule has 1 saturated heterocycles. The van der Waals surface area contributed by atoms with Crippen LogP contribution in [-0.2, 0) is 16.3 Å². The van der Waals surface area contributed by atoms with Crippen LogP contribution in [0.1, 0.15) is 31.2 Å². The van der Waals surface area contributed by atoms with Crippen LogP contribution in [0.25, 0.3) is 0 Å². The quantitative estimate of drug-likeness (QED) is 0.679. The maximum Gasteiger partial charge on any atom is 0.194 e. The van der Waals surface area contributed by atoms with E-state index >= 15 is 0 Å². The molecule has 1 fully saturated rings. The van der Waals surface area contributed by atoms with Crippen molar-refractivity contribution < 1.29 is 13.2 Å². The first-order valence-corrected chi connectivity index (χ1v) is 11.8. The van der Waals surface area contributed by atoms with E-state index in [1.54, 1.807) is 19.2 Å². The average Bonchev–Trinajstić information content (AvgIpc) is 3.44. The zero-order valence-corrected chi connectivity index (χ0v) is 17.6. The number of hydrogen-bond donors (Lipinski definition) is 2. The summed E-state index contributed by atoms with van der Waals surface area (Å²) in [6.07, 6.45) is 10.4. The summed E-state index contributed by atoms with van der Waals surface area (Å²) in [5.41, 5.74) is 0.957. The van der Waals surface area contributed by atoms with Crippen molar-refractivity contribution in [3.8, 4) is 5.75 Å². The molecule has 2 aromatic rings. The third-order valence-corrected chi connectivity index (χ3v) is 7.97. The lowest BCUT2D eigenvalue weighted by Gasteiger charge is -2.26. The molecular formula is C22H29N3O3S. The fraction of sp³-hybridized carbons (Fsp3) is 0.455. The number of anilines is 1. The summed E-state index contributed by atoms with van der Waals surface area (Å²) in [6.45, 7) is 1.64. The number of aromatic amines is 1. The predicted molar refractivity (Wildman–Crippen MR) is 115 cm³/mol. The normalized spacial score (nSPS) is 22.2. The van der Waals surface area contributed by atoms with E-state index in [1.165, 1.54) is 6.42 Å². The number of nitrogens with one attached hydrogen (secondary N) is 2. The van der Waals surface area contributed by atoms with Crippen molar-refractivity contribution in [2.24, 2.45) is 0 Å². The van der Waals surface area contributed by atoms with E-state index in [2.05, 4.69) is 21.3 Å². The second-order valence-corrected chi connectivity index (χ2v) is 9.84. The Morgan fingerprint density at radius 2 is 2.14 bits per heavy atom. The maximum absolute atomic E-state index is 13.1. The Bertz CT molecular complexity index is 954. The van der Waals surface area contributed by atoms with Crippen LogP contribution in [0.4, 0.5) is 5.82 Å². The predicted octanol–water partition coefficient (Wildman–Crippen LogP) is 3.27. The lowest BCUT2D eigenvalue weighted by atomic mass is 10.0. The van der Waals surface area contributed by atoms with Crippen molar-refractivity contribution in [1.82, 2.24) is 10.3 Å². The molecule has 1 aromatic carbocycles. The number of aromatic nitrogens is 1. The first kappa shape index (κ1) is 20.0. The number of nitrogens with zero attached hydrogens (tertiary/aromatic N) is 1. The number of ether oxygens (including phenoxy) is 1. The van der Waals surface area contributed by atoms with Crippen LogP contribution < -0.4 is 15.0 Å².